The zero-order chi connectivity index (χ0) is 29.0. The van der Waals surface area contributed by atoms with Gasteiger partial charge in [-0.1, -0.05) is 49.4 Å². The summed E-state index contributed by atoms with van der Waals surface area (Å²) in [6.07, 6.45) is 8.90. The van der Waals surface area contributed by atoms with E-state index in [4.69, 9.17) is 0 Å². The quantitative estimate of drug-likeness (QED) is 0.453. The lowest BCUT2D eigenvalue weighted by Gasteiger charge is -2.38. The number of sulfone groups is 1. The monoisotopic (exact) mass is 579 g/mol. The minimum absolute atomic E-state index is 0.00313. The number of nitrogens with one attached hydrogen (secondary N) is 1. The third kappa shape index (κ3) is 7.20. The summed E-state index contributed by atoms with van der Waals surface area (Å²) in [6.45, 7) is 6.21. The van der Waals surface area contributed by atoms with E-state index in [1.807, 2.05) is 35.2 Å². The minimum atomic E-state index is -3.23. The minimum Gasteiger partial charge on any atom is -0.349 e. The first-order valence-corrected chi connectivity index (χ1v) is 17.2. The highest BCUT2D eigenvalue weighted by molar-refractivity contribution is 7.90. The van der Waals surface area contributed by atoms with Gasteiger partial charge >= 0.3 is 0 Å². The van der Waals surface area contributed by atoms with Gasteiger partial charge < -0.3 is 15.1 Å². The lowest BCUT2D eigenvalue weighted by molar-refractivity contribution is -0.139. The van der Waals surface area contributed by atoms with Crippen molar-refractivity contribution in [1.29, 1.82) is 0 Å². The summed E-state index contributed by atoms with van der Waals surface area (Å²) < 4.78 is 23.5. The number of hydrogen-bond acceptors (Lipinski definition) is 5. The van der Waals surface area contributed by atoms with Crippen LogP contribution in [0.25, 0.3) is 0 Å². The van der Waals surface area contributed by atoms with E-state index in [2.05, 4.69) is 29.3 Å². The second kappa shape index (κ2) is 12.7. The normalized spacial score (nSPS) is 24.0. The van der Waals surface area contributed by atoms with Gasteiger partial charge in [0.1, 0.15) is 0 Å². The van der Waals surface area contributed by atoms with Crippen LogP contribution in [0.1, 0.15) is 75.5 Å². The Morgan fingerprint density at radius 2 is 1.59 bits per heavy atom. The van der Waals surface area contributed by atoms with E-state index in [1.165, 1.54) is 6.26 Å². The molecule has 1 saturated carbocycles. The van der Waals surface area contributed by atoms with Crippen LogP contribution in [0.5, 0.6) is 0 Å². The Kier molecular flexibility index (Phi) is 9.19. The number of carbonyl (C=O) groups is 2. The fraction of sp³-hybridized carbons (Fsp3) is 0.576. The largest absolute Gasteiger partial charge is 0.349 e. The number of hydrogen-bond donors (Lipinski definition) is 1. The Morgan fingerprint density at radius 3 is 2.22 bits per heavy atom. The lowest BCUT2D eigenvalue weighted by atomic mass is 9.77. The van der Waals surface area contributed by atoms with E-state index < -0.39 is 9.84 Å². The molecule has 1 N–H and O–H groups in total. The van der Waals surface area contributed by atoms with Crippen LogP contribution in [0.4, 0.5) is 0 Å². The van der Waals surface area contributed by atoms with Crippen molar-refractivity contribution in [3.05, 3.63) is 65.7 Å². The summed E-state index contributed by atoms with van der Waals surface area (Å²) >= 11 is 0. The fourth-order valence-corrected chi connectivity index (χ4v) is 7.54. The van der Waals surface area contributed by atoms with Gasteiger partial charge in [0.25, 0.3) is 0 Å². The van der Waals surface area contributed by atoms with E-state index in [9.17, 15) is 18.0 Å². The van der Waals surface area contributed by atoms with Crippen molar-refractivity contribution in [3.8, 4) is 0 Å². The van der Waals surface area contributed by atoms with Crippen LogP contribution in [-0.2, 0) is 26.0 Å². The zero-order valence-corrected chi connectivity index (χ0v) is 25.4. The first-order valence-electron chi connectivity index (χ1n) is 15.3. The van der Waals surface area contributed by atoms with E-state index in [0.29, 0.717) is 11.4 Å². The number of carbonyl (C=O) groups excluding carboxylic acids is 2. The molecule has 1 atom stereocenters. The van der Waals surface area contributed by atoms with Crippen molar-refractivity contribution in [3.63, 3.8) is 0 Å². The molecule has 2 heterocycles. The van der Waals surface area contributed by atoms with Crippen LogP contribution in [0.3, 0.4) is 0 Å². The topological polar surface area (TPSA) is 86.8 Å². The lowest BCUT2D eigenvalue weighted by Crippen LogP contribution is -2.45. The molecule has 0 aromatic heterocycles. The van der Waals surface area contributed by atoms with E-state index in [-0.39, 0.29) is 29.2 Å². The van der Waals surface area contributed by atoms with Crippen molar-refractivity contribution in [1.82, 2.24) is 15.1 Å². The first kappa shape index (κ1) is 29.8. The zero-order valence-electron chi connectivity index (χ0n) is 24.6. The van der Waals surface area contributed by atoms with E-state index >= 15 is 0 Å². The Morgan fingerprint density at radius 1 is 0.951 bits per heavy atom. The predicted molar refractivity (Wildman–Crippen MR) is 161 cm³/mol. The van der Waals surface area contributed by atoms with Gasteiger partial charge in [-0.15, -0.1) is 0 Å². The molecule has 41 heavy (non-hydrogen) atoms. The van der Waals surface area contributed by atoms with E-state index in [1.54, 1.807) is 12.1 Å². The van der Waals surface area contributed by atoms with E-state index in [0.717, 1.165) is 94.6 Å². The Bertz CT molecular complexity index is 1300. The summed E-state index contributed by atoms with van der Waals surface area (Å²) in [6, 6.07) is 17.2. The molecule has 7 nitrogen and oxygen atoms in total. The standard InChI is InChI=1S/C33H45N3O4S/c1-25-8-12-28(13-9-25)31(37)34-30(27-6-4-3-5-7-27)16-20-35-21-17-33(18-22-35)19-23-36(32(33)38)24-26-10-14-29(15-11-26)41(2,39)40/h3-7,10-11,14-15,25,28,30H,8-9,12-13,16-24H2,1-2H3,(H,34,37). The highest BCUT2D eigenvalue weighted by Gasteiger charge is 2.47. The van der Waals surface area contributed by atoms with Crippen LogP contribution in [0.2, 0.25) is 0 Å². The highest BCUT2D eigenvalue weighted by Crippen LogP contribution is 2.42. The molecule has 2 aromatic carbocycles. The number of rotatable bonds is 9. The molecule has 2 aromatic rings. The maximum Gasteiger partial charge on any atom is 0.229 e. The summed E-state index contributed by atoms with van der Waals surface area (Å²) in [4.78, 5) is 31.4. The number of amides is 2. The highest BCUT2D eigenvalue weighted by atomic mass is 32.2. The van der Waals surface area contributed by atoms with Gasteiger partial charge in [0.15, 0.2) is 9.84 Å². The number of piperidine rings is 1. The van der Waals surface area contributed by atoms with Crippen LogP contribution in [-0.4, -0.2) is 62.5 Å². The molecule has 5 rings (SSSR count). The Hall–Kier alpha value is -2.71. The average Bonchev–Trinajstić information content (AvgIpc) is 3.26. The molecular formula is C33H45N3O4S. The molecule has 8 heteroatoms. The van der Waals surface area contributed by atoms with Crippen LogP contribution >= 0.6 is 0 Å². The Balaban J connectivity index is 1.14. The smallest absolute Gasteiger partial charge is 0.229 e. The Labute approximate surface area is 245 Å². The van der Waals surface area contributed by atoms with Gasteiger partial charge in [-0.25, -0.2) is 8.42 Å². The number of likely N-dealkylation sites (tertiary alicyclic amines) is 2. The second-order valence-corrected chi connectivity index (χ2v) is 14.7. The molecule has 0 radical (unpaired) electrons. The third-order valence-electron chi connectivity index (χ3n) is 9.78. The van der Waals surface area contributed by atoms with Crippen LogP contribution in [0.15, 0.2) is 59.5 Å². The van der Waals surface area contributed by atoms with Gasteiger partial charge in [0.2, 0.25) is 11.8 Å². The summed E-state index contributed by atoms with van der Waals surface area (Å²) in [5.41, 5.74) is 1.83. The molecule has 2 aliphatic heterocycles. The predicted octanol–water partition coefficient (Wildman–Crippen LogP) is 4.98. The molecule has 2 amide bonds. The SMILES string of the molecule is CC1CCC(C(=O)NC(CCN2CCC3(CC2)CCN(Cc2ccc(S(C)(=O)=O)cc2)C3=O)c2ccccc2)CC1. The summed E-state index contributed by atoms with van der Waals surface area (Å²) in [5.74, 6) is 1.28. The van der Waals surface area contributed by atoms with Crippen molar-refractivity contribution < 1.29 is 18.0 Å². The van der Waals surface area contributed by atoms with Gasteiger partial charge in [-0.2, -0.15) is 0 Å². The number of benzene rings is 2. The molecule has 222 valence electrons. The molecule has 1 spiro atoms. The average molecular weight is 580 g/mol. The van der Waals surface area contributed by atoms with Gasteiger partial charge in [0, 0.05) is 31.8 Å². The van der Waals surface area contributed by atoms with Crippen molar-refractivity contribution in [2.45, 2.75) is 75.8 Å². The van der Waals surface area contributed by atoms with Gasteiger partial charge in [0.05, 0.1) is 16.4 Å². The van der Waals surface area contributed by atoms with Crippen molar-refractivity contribution in [2.75, 3.05) is 32.4 Å². The van der Waals surface area contributed by atoms with Crippen molar-refractivity contribution >= 4 is 21.7 Å². The molecule has 3 fully saturated rings. The molecule has 1 aliphatic carbocycles. The van der Waals surface area contributed by atoms with Crippen molar-refractivity contribution in [2.24, 2.45) is 17.3 Å². The summed E-state index contributed by atoms with van der Waals surface area (Å²) in [7, 11) is -3.23. The van der Waals surface area contributed by atoms with Gasteiger partial charge in [-0.3, -0.25) is 9.59 Å². The molecule has 0 bridgehead atoms. The molecular weight excluding hydrogens is 534 g/mol. The van der Waals surface area contributed by atoms with Crippen LogP contribution < -0.4 is 5.32 Å². The summed E-state index contributed by atoms with van der Waals surface area (Å²) in [5, 5.41) is 3.39. The number of nitrogens with zero attached hydrogens (tertiary/aromatic N) is 2. The first-order chi connectivity index (χ1) is 19.6. The maximum atomic E-state index is 13.5. The maximum absolute atomic E-state index is 13.5. The third-order valence-corrected chi connectivity index (χ3v) is 10.9. The second-order valence-electron chi connectivity index (χ2n) is 12.7. The van der Waals surface area contributed by atoms with Crippen LogP contribution in [0, 0.1) is 17.3 Å². The molecule has 1 unspecified atom stereocenters. The molecule has 2 saturated heterocycles. The molecule has 3 aliphatic rings. The van der Waals surface area contributed by atoms with Gasteiger partial charge in [-0.05, 0) is 93.6 Å². The fourth-order valence-electron chi connectivity index (χ4n) is 6.91.